The average molecular weight is 618 g/mol. The molecule has 0 spiro atoms. The molecular formula is C28H19ClF6N8. The van der Waals surface area contributed by atoms with E-state index in [-0.39, 0.29) is 62.7 Å². The Kier molecular flexibility index (Phi) is 6.63. The number of rotatable bonds is 7. The summed E-state index contributed by atoms with van der Waals surface area (Å²) in [6.07, 6.45) is -1.48. The lowest BCUT2D eigenvalue weighted by Crippen LogP contribution is -2.52. The minimum Gasteiger partial charge on any atom is -0.373 e. The fourth-order valence-corrected chi connectivity index (χ4v) is 4.96. The summed E-state index contributed by atoms with van der Waals surface area (Å²) in [7, 11) is 0. The zero-order valence-electron chi connectivity index (χ0n) is 22.6. The summed E-state index contributed by atoms with van der Waals surface area (Å²) in [4.78, 5) is 7.56. The fraction of sp³-hybridized carbons (Fsp3) is 0.179. The first-order valence-corrected chi connectivity index (χ1v) is 13.0. The van der Waals surface area contributed by atoms with Crippen molar-refractivity contribution in [3.63, 3.8) is 0 Å². The van der Waals surface area contributed by atoms with Crippen LogP contribution >= 0.6 is 11.6 Å². The second kappa shape index (κ2) is 10.5. The summed E-state index contributed by atoms with van der Waals surface area (Å²) in [6, 6.07) is 8.46. The van der Waals surface area contributed by atoms with E-state index in [1.54, 1.807) is 0 Å². The summed E-state index contributed by atoms with van der Waals surface area (Å²) in [5.74, 6) is -3.14. The molecule has 2 aliphatic rings. The molecule has 6 rings (SSSR count). The molecule has 4 aromatic rings. The van der Waals surface area contributed by atoms with Gasteiger partial charge in [-0.05, 0) is 42.7 Å². The van der Waals surface area contributed by atoms with Crippen LogP contribution in [0.4, 0.5) is 43.4 Å². The van der Waals surface area contributed by atoms with E-state index in [4.69, 9.17) is 11.6 Å². The van der Waals surface area contributed by atoms with Crippen molar-refractivity contribution < 1.29 is 27.7 Å². The van der Waals surface area contributed by atoms with Crippen molar-refractivity contribution in [2.24, 2.45) is 0 Å². The Balaban J connectivity index is 1.45. The van der Waals surface area contributed by atoms with Crippen molar-refractivity contribution in [1.29, 1.82) is 5.26 Å². The monoisotopic (exact) mass is 617 g/mol. The van der Waals surface area contributed by atoms with E-state index >= 15 is 0 Å². The van der Waals surface area contributed by atoms with Gasteiger partial charge in [0.15, 0.2) is 11.4 Å². The Hall–Kier alpha value is -4.74. The molecule has 4 N–H and O–H groups in total. The molecule has 1 aliphatic carbocycles. The van der Waals surface area contributed by atoms with Gasteiger partial charge in [0, 0.05) is 29.5 Å². The van der Waals surface area contributed by atoms with Crippen LogP contribution in [0.5, 0.6) is 0 Å². The smallest absolute Gasteiger partial charge is 0.373 e. The first-order chi connectivity index (χ1) is 20.8. The van der Waals surface area contributed by atoms with Crippen LogP contribution in [0.2, 0.25) is 5.02 Å². The van der Waals surface area contributed by atoms with Crippen molar-refractivity contribution >= 4 is 39.6 Å². The lowest BCUT2D eigenvalue weighted by Gasteiger charge is -2.28. The third-order valence-corrected chi connectivity index (χ3v) is 7.35. The van der Waals surface area contributed by atoms with Crippen LogP contribution in [0.15, 0.2) is 66.8 Å². The number of nitrogens with one attached hydrogen (secondary N) is 4. The minimum absolute atomic E-state index is 0.00742. The Morgan fingerprint density at radius 1 is 1.07 bits per heavy atom. The van der Waals surface area contributed by atoms with Gasteiger partial charge in [-0.3, -0.25) is 9.99 Å². The van der Waals surface area contributed by atoms with Gasteiger partial charge in [-0.1, -0.05) is 23.7 Å². The predicted octanol–water partition coefficient (Wildman–Crippen LogP) is 6.73. The number of pyridine rings is 2. The molecule has 3 heterocycles. The van der Waals surface area contributed by atoms with Gasteiger partial charge in [-0.2, -0.15) is 22.8 Å². The highest BCUT2D eigenvalue weighted by atomic mass is 35.5. The van der Waals surface area contributed by atoms with Crippen LogP contribution < -0.4 is 21.6 Å². The summed E-state index contributed by atoms with van der Waals surface area (Å²) in [6.45, 7) is 0. The lowest BCUT2D eigenvalue weighted by molar-refractivity contribution is -0.195. The number of hydrazine groups is 2. The highest BCUT2D eigenvalue weighted by molar-refractivity contribution is 6.36. The number of nitrogens with zero attached hydrogens (tertiary/aromatic N) is 4. The number of hydrogen-bond acceptors (Lipinski definition) is 8. The van der Waals surface area contributed by atoms with E-state index in [9.17, 15) is 33.0 Å². The summed E-state index contributed by atoms with van der Waals surface area (Å²) in [5, 5.41) is 16.7. The van der Waals surface area contributed by atoms with E-state index < -0.39 is 35.3 Å². The first kappa shape index (κ1) is 27.1. The van der Waals surface area contributed by atoms with Crippen LogP contribution in [0.25, 0.3) is 10.9 Å². The lowest BCUT2D eigenvalue weighted by atomic mass is 10.0. The Morgan fingerprint density at radius 2 is 1.81 bits per heavy atom. The third kappa shape index (κ3) is 5.21. The molecule has 0 amide bonds. The maximum atomic E-state index is 13.9. The van der Waals surface area contributed by atoms with Gasteiger partial charge in [0.1, 0.15) is 11.9 Å². The molecule has 0 saturated heterocycles. The maximum absolute atomic E-state index is 13.9. The Bertz CT molecular complexity index is 1860. The second-order valence-corrected chi connectivity index (χ2v) is 10.2. The van der Waals surface area contributed by atoms with E-state index in [0.717, 1.165) is 35.6 Å². The number of nitriles is 1. The molecule has 0 unspecified atom stereocenters. The Morgan fingerprint density at radius 3 is 2.47 bits per heavy atom. The van der Waals surface area contributed by atoms with Crippen LogP contribution in [0.1, 0.15) is 31.4 Å². The standard InChI is InChI=1S/C28H19ClF6N8/c29-20-8-17(7-19-23(15(10-36)11-37-25(19)20)40-18-9-21(31)26(32)38-12-18)39-24(14-1-3-16(30)4-2-14)22-13-43(42-41-22)27(5-6-27)28(33,34)35/h1-4,7-9,11-13,24,39,41-42H,5-6H2,(H,37,40)/t24-/m1/s1/i24D. The third-order valence-electron chi connectivity index (χ3n) is 7.06. The topological polar surface area (TPSA) is 101 Å². The maximum Gasteiger partial charge on any atom is 0.413 e. The van der Waals surface area contributed by atoms with Crippen molar-refractivity contribution in [2.75, 3.05) is 10.6 Å². The first-order valence-electron chi connectivity index (χ1n) is 13.1. The molecule has 15 heteroatoms. The molecule has 0 bridgehead atoms. The number of anilines is 3. The van der Waals surface area contributed by atoms with E-state index in [0.29, 0.717) is 0 Å². The Labute approximate surface area is 246 Å². The molecule has 43 heavy (non-hydrogen) atoms. The van der Waals surface area contributed by atoms with Crippen molar-refractivity contribution in [3.8, 4) is 6.07 Å². The van der Waals surface area contributed by atoms with E-state index in [1.807, 2.05) is 6.07 Å². The molecule has 1 aliphatic heterocycles. The van der Waals surface area contributed by atoms with Crippen molar-refractivity contribution in [3.05, 3.63) is 100 Å². The van der Waals surface area contributed by atoms with Crippen LogP contribution in [-0.2, 0) is 0 Å². The molecule has 2 aromatic heterocycles. The number of hydrogen-bond donors (Lipinski definition) is 4. The zero-order valence-corrected chi connectivity index (χ0v) is 22.4. The van der Waals surface area contributed by atoms with Gasteiger partial charge < -0.3 is 16.1 Å². The summed E-state index contributed by atoms with van der Waals surface area (Å²) < 4.78 is 92.1. The van der Waals surface area contributed by atoms with Crippen LogP contribution in [-0.4, -0.2) is 26.7 Å². The van der Waals surface area contributed by atoms with E-state index in [1.165, 1.54) is 30.5 Å². The molecule has 8 nitrogen and oxygen atoms in total. The quantitative estimate of drug-likeness (QED) is 0.134. The fourth-order valence-electron chi connectivity index (χ4n) is 4.69. The minimum atomic E-state index is -4.55. The van der Waals surface area contributed by atoms with Gasteiger partial charge in [0.25, 0.3) is 0 Å². The normalized spacial score (nSPS) is 17.4. The molecule has 2 aromatic carbocycles. The van der Waals surface area contributed by atoms with Crippen molar-refractivity contribution in [1.82, 2.24) is 25.9 Å². The molecule has 0 radical (unpaired) electrons. The predicted molar refractivity (Wildman–Crippen MR) is 146 cm³/mol. The molecule has 1 saturated carbocycles. The molecule has 1 atom stereocenters. The van der Waals surface area contributed by atoms with Gasteiger partial charge in [0.2, 0.25) is 5.95 Å². The summed E-state index contributed by atoms with van der Waals surface area (Å²) >= 11 is 6.55. The molecule has 1 fully saturated rings. The van der Waals surface area contributed by atoms with Crippen LogP contribution in [0, 0.1) is 28.9 Å². The van der Waals surface area contributed by atoms with Gasteiger partial charge >= 0.3 is 6.18 Å². The average Bonchev–Trinajstić information content (AvgIpc) is 3.65. The summed E-state index contributed by atoms with van der Waals surface area (Å²) in [5.41, 5.74) is 3.57. The van der Waals surface area contributed by atoms with Gasteiger partial charge in [0.05, 0.1) is 46.8 Å². The van der Waals surface area contributed by atoms with E-state index in [2.05, 4.69) is 31.6 Å². The number of halogens is 7. The highest BCUT2D eigenvalue weighted by Gasteiger charge is 2.67. The molecule has 220 valence electrons. The van der Waals surface area contributed by atoms with Crippen molar-refractivity contribution in [2.45, 2.75) is 30.6 Å². The van der Waals surface area contributed by atoms with Gasteiger partial charge in [-0.25, -0.2) is 13.8 Å². The number of fused-ring (bicyclic) bond motifs is 1. The molecular weight excluding hydrogens is 598 g/mol. The number of benzene rings is 2. The number of aromatic nitrogens is 2. The highest BCUT2D eigenvalue weighted by Crippen LogP contribution is 2.53. The zero-order chi connectivity index (χ0) is 31.4. The largest absolute Gasteiger partial charge is 0.413 e. The number of alkyl halides is 3. The van der Waals surface area contributed by atoms with Crippen LogP contribution in [0.3, 0.4) is 0 Å². The second-order valence-electron chi connectivity index (χ2n) is 9.82. The van der Waals surface area contributed by atoms with Gasteiger partial charge in [-0.15, -0.1) is 5.53 Å². The SMILES string of the molecule is [2H][C@](Nc1cc(Cl)c2ncc(C#N)c(Nc3cnc(F)c(F)c3)c2c1)(C1=CN(C2(C(F)(F)F)CC2)NN1)c1ccc(F)cc1.